The number of hydrogen-bond donors (Lipinski definition) is 2. The zero-order valence-electron chi connectivity index (χ0n) is 23.8. The summed E-state index contributed by atoms with van der Waals surface area (Å²) in [7, 11) is -5.18. The molecule has 17 heteroatoms. The Labute approximate surface area is 311 Å². The van der Waals surface area contributed by atoms with Crippen LogP contribution in [-0.2, 0) is 10.1 Å². The summed E-state index contributed by atoms with van der Waals surface area (Å²) in [4.78, 5) is 22.0. The van der Waals surface area contributed by atoms with Crippen molar-refractivity contribution in [1.29, 1.82) is 0 Å². The van der Waals surface area contributed by atoms with Crippen LogP contribution in [0, 0.1) is 13.8 Å². The molecule has 4 aromatic carbocycles. The normalized spacial score (nSPS) is 11.1. The van der Waals surface area contributed by atoms with E-state index in [0.717, 1.165) is 6.07 Å². The van der Waals surface area contributed by atoms with Crippen molar-refractivity contribution in [3.05, 3.63) is 76.9 Å². The predicted molar refractivity (Wildman–Crippen MR) is 137 cm³/mol. The largest absolute Gasteiger partial charge is 1.00 e. The number of carboxylic acid groups (broad SMARTS) is 2. The summed E-state index contributed by atoms with van der Waals surface area (Å²) in [5.41, 5.74) is 4.96. The molecular weight excluding hydrogens is 611 g/mol. The molecule has 0 aliphatic rings. The van der Waals surface area contributed by atoms with Crippen molar-refractivity contribution in [3.63, 3.8) is 0 Å². The maximum Gasteiger partial charge on any atom is 1.00 e. The fourth-order valence-electron chi connectivity index (χ4n) is 3.93. The molecule has 0 radical (unpaired) electrons. The fraction of sp³-hybridized carbons (Fsp3) is 0.0769. The van der Waals surface area contributed by atoms with Crippen LogP contribution in [0.3, 0.4) is 0 Å². The number of phenolic OH excluding ortho intramolecular Hbond substituents is 1. The van der Waals surface area contributed by atoms with E-state index in [1.807, 2.05) is 0 Å². The number of anilines is 1. The first-order valence-electron chi connectivity index (χ1n) is 11.3. The number of nitrogens with two attached hydrogens (primary N) is 1. The number of nitrogens with zero attached hydrogens (tertiary/aromatic N) is 4. The number of rotatable bonds is 7. The summed E-state index contributed by atoms with van der Waals surface area (Å²) in [6.45, 7) is 3.14. The number of aromatic hydroxyl groups is 1. The van der Waals surface area contributed by atoms with Crippen LogP contribution >= 0.6 is 0 Å². The molecule has 0 bridgehead atoms. The second kappa shape index (κ2) is 15.7. The molecule has 0 aliphatic heterocycles. The molecule has 0 saturated heterocycles. The number of phenols is 1. The molecule has 0 atom stereocenters. The van der Waals surface area contributed by atoms with E-state index in [1.54, 1.807) is 6.92 Å². The number of carboxylic acids is 2. The first kappa shape index (κ1) is 38.8. The van der Waals surface area contributed by atoms with E-state index >= 15 is 0 Å². The zero-order valence-corrected chi connectivity index (χ0v) is 30.6. The van der Waals surface area contributed by atoms with E-state index < -0.39 is 44.1 Å². The van der Waals surface area contributed by atoms with Crippen LogP contribution in [0.15, 0.2) is 79.9 Å². The van der Waals surface area contributed by atoms with E-state index in [2.05, 4.69) is 20.5 Å². The molecule has 0 spiro atoms. The number of aromatic carboxylic acids is 2. The van der Waals surface area contributed by atoms with Crippen molar-refractivity contribution >= 4 is 61.3 Å². The van der Waals surface area contributed by atoms with Gasteiger partial charge in [0.2, 0.25) is 0 Å². The molecule has 0 amide bonds. The van der Waals surface area contributed by atoms with Gasteiger partial charge in [0.05, 0.1) is 39.3 Å². The van der Waals surface area contributed by atoms with Crippen molar-refractivity contribution < 1.29 is 127 Å². The number of azo groups is 2. The molecule has 0 heterocycles. The standard InChI is InChI=1S/C26H21N5O8S.3Na/c1-12-7-8-18(16(9-12)26(35)36)29-31-23-19(40(37,38)39)11-14-10-13(2)22(24(32)20(14)21(23)27)30-28-17-6-4-3-5-15(17)25(33)34;;;/h3-11,32H,27H2,1-2H3,(H,33,34)(H,35,36)(H,37,38,39);;;/q;3*+1/p-3. The number of fused-ring (bicyclic) bond motifs is 1. The van der Waals surface area contributed by atoms with Crippen LogP contribution in [0.1, 0.15) is 31.8 Å². The predicted octanol–water partition coefficient (Wildman–Crippen LogP) is -5.78. The molecule has 0 unspecified atom stereocenters. The molecule has 204 valence electrons. The quantitative estimate of drug-likeness (QED) is 0.0857. The van der Waals surface area contributed by atoms with Crippen molar-refractivity contribution in [1.82, 2.24) is 0 Å². The number of benzene rings is 4. The van der Waals surface area contributed by atoms with Crippen molar-refractivity contribution in [2.45, 2.75) is 18.7 Å². The summed E-state index contributed by atoms with van der Waals surface area (Å²) in [5.74, 6) is -3.63. The van der Waals surface area contributed by atoms with Crippen molar-refractivity contribution in [2.75, 3.05) is 5.73 Å². The van der Waals surface area contributed by atoms with Gasteiger partial charge >= 0.3 is 88.7 Å². The minimum Gasteiger partial charge on any atom is -0.744 e. The number of aryl methyl sites for hydroxylation is 2. The molecule has 0 aromatic heterocycles. The molecule has 43 heavy (non-hydrogen) atoms. The fourth-order valence-corrected chi connectivity index (χ4v) is 4.59. The minimum atomic E-state index is -5.18. The van der Waals surface area contributed by atoms with Gasteiger partial charge in [0, 0.05) is 11.1 Å². The Hall–Kier alpha value is -2.21. The molecular formula is C26H18N5Na3O8S. The number of hydrogen-bond acceptors (Lipinski definition) is 13. The van der Waals surface area contributed by atoms with Crippen LogP contribution in [0.5, 0.6) is 5.75 Å². The Balaban J connectivity index is 0.00000308. The third-order valence-corrected chi connectivity index (χ3v) is 6.67. The van der Waals surface area contributed by atoms with Gasteiger partial charge in [-0.15, -0.1) is 20.5 Å². The Bertz CT molecular complexity index is 1900. The molecule has 4 rings (SSSR count). The van der Waals surface area contributed by atoms with E-state index in [4.69, 9.17) is 5.73 Å². The number of nitrogen functional groups attached to an aromatic ring is 1. The second-order valence-electron chi connectivity index (χ2n) is 8.59. The van der Waals surface area contributed by atoms with Crippen LogP contribution in [0.25, 0.3) is 10.8 Å². The monoisotopic (exact) mass is 629 g/mol. The van der Waals surface area contributed by atoms with Crippen LogP contribution in [0.4, 0.5) is 28.4 Å². The SMILES string of the molecule is Cc1ccc(N=Nc2c(S(=O)(=O)[O-])cc3cc(C)c(N=Nc4ccccc4C(=O)[O-])c(O)c3c2N)c(C(=O)[O-])c1.[Na+].[Na+].[Na+]. The topological polar surface area (TPSA) is 233 Å². The summed E-state index contributed by atoms with van der Waals surface area (Å²) < 4.78 is 36.3. The molecule has 4 aromatic rings. The Kier molecular flexibility index (Phi) is 14.2. The third kappa shape index (κ3) is 8.49. The van der Waals surface area contributed by atoms with Crippen LogP contribution in [-0.4, -0.2) is 30.0 Å². The van der Waals surface area contributed by atoms with Crippen molar-refractivity contribution in [3.8, 4) is 5.75 Å². The van der Waals surface area contributed by atoms with E-state index in [9.17, 15) is 37.9 Å². The average molecular weight is 629 g/mol. The summed E-state index contributed by atoms with van der Waals surface area (Å²) >= 11 is 0. The Morgan fingerprint density at radius 1 is 0.791 bits per heavy atom. The van der Waals surface area contributed by atoms with Crippen LogP contribution in [0.2, 0.25) is 0 Å². The van der Waals surface area contributed by atoms with Gasteiger partial charge in [0.15, 0.2) is 5.75 Å². The van der Waals surface area contributed by atoms with Gasteiger partial charge in [-0.3, -0.25) is 0 Å². The van der Waals surface area contributed by atoms with Gasteiger partial charge in [-0.05, 0) is 55.1 Å². The molecule has 13 nitrogen and oxygen atoms in total. The zero-order chi connectivity index (χ0) is 29.4. The van der Waals surface area contributed by atoms with Gasteiger partial charge in [0.25, 0.3) is 0 Å². The average Bonchev–Trinajstić information content (AvgIpc) is 2.87. The number of carbonyl (C=O) groups excluding carboxylic acids is 2. The molecule has 0 saturated carbocycles. The maximum absolute atomic E-state index is 12.1. The molecule has 3 N–H and O–H groups in total. The van der Waals surface area contributed by atoms with E-state index in [-0.39, 0.29) is 133 Å². The summed E-state index contributed by atoms with van der Waals surface area (Å²) in [6.07, 6.45) is 0. The Morgan fingerprint density at radius 2 is 1.35 bits per heavy atom. The van der Waals surface area contributed by atoms with Crippen molar-refractivity contribution in [2.24, 2.45) is 20.5 Å². The Morgan fingerprint density at radius 3 is 1.93 bits per heavy atom. The van der Waals surface area contributed by atoms with Gasteiger partial charge < -0.3 is 35.2 Å². The van der Waals surface area contributed by atoms with Gasteiger partial charge in [-0.25, -0.2) is 8.42 Å². The van der Waals surface area contributed by atoms with Crippen LogP contribution < -0.4 is 105 Å². The molecule has 0 fully saturated rings. The van der Waals surface area contributed by atoms with Gasteiger partial charge in [0.1, 0.15) is 21.5 Å². The third-order valence-electron chi connectivity index (χ3n) is 5.82. The van der Waals surface area contributed by atoms with Gasteiger partial charge in [-0.2, -0.15) is 0 Å². The second-order valence-corrected chi connectivity index (χ2v) is 9.94. The van der Waals surface area contributed by atoms with E-state index in [0.29, 0.717) is 5.56 Å². The first-order chi connectivity index (χ1) is 18.8. The van der Waals surface area contributed by atoms with Gasteiger partial charge in [-0.1, -0.05) is 29.8 Å². The number of carbonyl (C=O) groups is 2. The minimum absolute atomic E-state index is 0. The smallest absolute Gasteiger partial charge is 0.744 e. The summed E-state index contributed by atoms with van der Waals surface area (Å²) in [5, 5.41) is 49.3. The summed E-state index contributed by atoms with van der Waals surface area (Å²) in [6, 6.07) is 12.0. The molecule has 0 aliphatic carbocycles. The maximum atomic E-state index is 12.1. The first-order valence-corrected chi connectivity index (χ1v) is 12.7. The van der Waals surface area contributed by atoms with E-state index in [1.165, 1.54) is 55.5 Å².